The third-order valence-electron chi connectivity index (χ3n) is 6.00. The molecule has 0 fully saturated rings. The van der Waals surface area contributed by atoms with Gasteiger partial charge in [-0.25, -0.2) is 4.57 Å². The smallest absolute Gasteiger partial charge is 0.416 e. The minimum atomic E-state index is -4.38. The lowest BCUT2D eigenvalue weighted by Gasteiger charge is -2.10. The molecule has 0 spiro atoms. The zero-order chi connectivity index (χ0) is 28.0. The third-order valence-corrected chi connectivity index (χ3v) is 6.65. The molecule has 0 aliphatic heterocycles. The lowest BCUT2D eigenvalue weighted by Crippen LogP contribution is -2.42. The second-order valence-electron chi connectivity index (χ2n) is 8.71. The van der Waals surface area contributed by atoms with E-state index in [1.165, 1.54) is 12.1 Å². The third kappa shape index (κ3) is 7.49. The highest BCUT2D eigenvalue weighted by Crippen LogP contribution is 2.31. The standard InChI is InChI=1S/C29H24Cl2F3N3O2/c1-2-25-27(31)28(36-18-37(25)17-26(38)20-5-9-22(30)10-6-20)35-16-15-19-3-11-23(12-4-19)39-24-13-7-21(8-14-24)29(32,33)34/h3-14,18H,2,15-17H2,1H3/p+1. The summed E-state index contributed by atoms with van der Waals surface area (Å²) >= 11 is 12.5. The molecule has 0 amide bonds. The zero-order valence-corrected chi connectivity index (χ0v) is 22.4. The SMILES string of the molecule is CCc1c(Cl)c(NCCc2ccc(Oc3ccc(C(F)(F)F)cc3)cc2)nc[n+]1CC(=O)c1ccc(Cl)cc1. The normalized spacial score (nSPS) is 11.3. The van der Waals surface area contributed by atoms with Crippen LogP contribution in [0.5, 0.6) is 11.5 Å². The first-order valence-corrected chi connectivity index (χ1v) is 12.9. The van der Waals surface area contributed by atoms with Crippen molar-refractivity contribution in [1.29, 1.82) is 0 Å². The number of nitrogens with zero attached hydrogens (tertiary/aromatic N) is 2. The number of rotatable bonds is 10. The van der Waals surface area contributed by atoms with Crippen LogP contribution in [0, 0.1) is 0 Å². The Bertz CT molecular complexity index is 1430. The molecule has 5 nitrogen and oxygen atoms in total. The summed E-state index contributed by atoms with van der Waals surface area (Å²) in [5, 5.41) is 4.28. The van der Waals surface area contributed by atoms with E-state index in [-0.39, 0.29) is 12.3 Å². The first-order chi connectivity index (χ1) is 18.6. The second-order valence-corrected chi connectivity index (χ2v) is 9.52. The Morgan fingerprint density at radius 1 is 0.949 bits per heavy atom. The molecule has 0 atom stereocenters. The van der Waals surface area contributed by atoms with Crippen LogP contribution in [-0.4, -0.2) is 17.3 Å². The zero-order valence-electron chi connectivity index (χ0n) is 20.9. The van der Waals surface area contributed by atoms with Crippen LogP contribution in [0.1, 0.15) is 34.1 Å². The predicted octanol–water partition coefficient (Wildman–Crippen LogP) is 7.59. The van der Waals surface area contributed by atoms with Crippen molar-refractivity contribution in [2.24, 2.45) is 0 Å². The van der Waals surface area contributed by atoms with Gasteiger partial charge >= 0.3 is 6.18 Å². The number of hydrogen-bond acceptors (Lipinski definition) is 4. The monoisotopic (exact) mass is 574 g/mol. The number of benzene rings is 3. The van der Waals surface area contributed by atoms with Crippen molar-refractivity contribution in [3.05, 3.63) is 112 Å². The Kier molecular flexibility index (Phi) is 9.09. The number of alkyl halides is 3. The van der Waals surface area contributed by atoms with Crippen LogP contribution in [-0.2, 0) is 25.6 Å². The number of carbonyl (C=O) groups excluding carboxylic acids is 1. The van der Waals surface area contributed by atoms with Gasteiger partial charge in [0.2, 0.25) is 5.78 Å². The molecule has 39 heavy (non-hydrogen) atoms. The highest BCUT2D eigenvalue weighted by molar-refractivity contribution is 6.33. The molecule has 0 unspecified atom stereocenters. The van der Waals surface area contributed by atoms with E-state index in [1.54, 1.807) is 47.3 Å². The van der Waals surface area contributed by atoms with Gasteiger partial charge in [0.25, 0.3) is 12.1 Å². The van der Waals surface area contributed by atoms with E-state index < -0.39 is 11.7 Å². The number of halogens is 5. The molecule has 4 rings (SSSR count). The topological polar surface area (TPSA) is 55.1 Å². The van der Waals surface area contributed by atoms with Gasteiger partial charge in [0.1, 0.15) is 17.2 Å². The molecule has 0 saturated carbocycles. The Hall–Kier alpha value is -3.62. The fourth-order valence-electron chi connectivity index (χ4n) is 3.91. The van der Waals surface area contributed by atoms with E-state index in [4.69, 9.17) is 27.9 Å². The van der Waals surface area contributed by atoms with Crippen molar-refractivity contribution in [3.63, 3.8) is 0 Å². The first kappa shape index (κ1) is 28.4. The number of carbonyl (C=O) groups is 1. The summed E-state index contributed by atoms with van der Waals surface area (Å²) in [4.78, 5) is 17.1. The molecule has 3 aromatic carbocycles. The summed E-state index contributed by atoms with van der Waals surface area (Å²) in [5.41, 5.74) is 1.65. The summed E-state index contributed by atoms with van der Waals surface area (Å²) in [7, 11) is 0. The Labute approximate surface area is 234 Å². The van der Waals surface area contributed by atoms with Crippen LogP contribution in [0.15, 0.2) is 79.1 Å². The van der Waals surface area contributed by atoms with Crippen molar-refractivity contribution >= 4 is 34.8 Å². The summed E-state index contributed by atoms with van der Waals surface area (Å²) in [6.07, 6.45) is -1.49. The number of Topliss-reactive ketones (excluding diaryl/α,β-unsaturated/α-hetero) is 1. The lowest BCUT2D eigenvalue weighted by molar-refractivity contribution is -0.693. The molecular formula is C29H25Cl2F3N3O2+. The number of ketones is 1. The summed E-state index contributed by atoms with van der Waals surface area (Å²) < 4.78 is 45.6. The van der Waals surface area contributed by atoms with Gasteiger partial charge in [-0.05, 0) is 77.6 Å². The van der Waals surface area contributed by atoms with Crippen LogP contribution in [0.4, 0.5) is 19.0 Å². The van der Waals surface area contributed by atoms with Crippen molar-refractivity contribution < 1.29 is 27.3 Å². The molecule has 4 aromatic rings. The maximum atomic E-state index is 12.7. The predicted molar refractivity (Wildman–Crippen MR) is 145 cm³/mol. The summed E-state index contributed by atoms with van der Waals surface area (Å²) in [5.74, 6) is 1.30. The molecule has 10 heteroatoms. The van der Waals surface area contributed by atoms with Gasteiger partial charge in [-0.1, -0.05) is 42.3 Å². The lowest BCUT2D eigenvalue weighted by atomic mass is 10.1. The molecule has 202 valence electrons. The van der Waals surface area contributed by atoms with Gasteiger partial charge in [-0.3, -0.25) is 4.79 Å². The van der Waals surface area contributed by atoms with Crippen LogP contribution in [0.25, 0.3) is 0 Å². The molecular weight excluding hydrogens is 550 g/mol. The van der Waals surface area contributed by atoms with Gasteiger partial charge in [-0.2, -0.15) is 13.2 Å². The average Bonchev–Trinajstić information content (AvgIpc) is 2.91. The van der Waals surface area contributed by atoms with Gasteiger partial charge < -0.3 is 10.1 Å². The maximum absolute atomic E-state index is 12.7. The Morgan fingerprint density at radius 2 is 1.56 bits per heavy atom. The van der Waals surface area contributed by atoms with E-state index in [9.17, 15) is 18.0 Å². The molecule has 1 N–H and O–H groups in total. The number of ether oxygens (including phenoxy) is 1. The molecule has 0 aliphatic carbocycles. The molecule has 0 bridgehead atoms. The van der Waals surface area contributed by atoms with E-state index in [1.807, 2.05) is 19.1 Å². The summed E-state index contributed by atoms with van der Waals surface area (Å²) in [6.45, 7) is 2.63. The fraction of sp³-hybridized carbons (Fsp3) is 0.207. The quantitative estimate of drug-likeness (QED) is 0.156. The van der Waals surface area contributed by atoms with E-state index >= 15 is 0 Å². The van der Waals surface area contributed by atoms with E-state index in [0.717, 1.165) is 23.4 Å². The fourth-order valence-corrected chi connectivity index (χ4v) is 4.40. The average molecular weight is 575 g/mol. The largest absolute Gasteiger partial charge is 0.457 e. The first-order valence-electron chi connectivity index (χ1n) is 12.2. The van der Waals surface area contributed by atoms with Crippen molar-refractivity contribution in [2.45, 2.75) is 32.5 Å². The minimum absolute atomic E-state index is 0.0734. The van der Waals surface area contributed by atoms with E-state index in [2.05, 4.69) is 10.3 Å². The van der Waals surface area contributed by atoms with Gasteiger partial charge in [0.05, 0.1) is 5.56 Å². The second kappa shape index (κ2) is 12.5. The minimum Gasteiger partial charge on any atom is -0.457 e. The van der Waals surface area contributed by atoms with Gasteiger partial charge in [-0.15, -0.1) is 0 Å². The molecule has 0 saturated heterocycles. The van der Waals surface area contributed by atoms with Crippen LogP contribution < -0.4 is 14.6 Å². The van der Waals surface area contributed by atoms with Crippen molar-refractivity contribution in [1.82, 2.24) is 4.98 Å². The maximum Gasteiger partial charge on any atom is 0.416 e. The highest BCUT2D eigenvalue weighted by Gasteiger charge is 2.30. The number of hydrogen-bond donors (Lipinski definition) is 1. The molecule has 1 heterocycles. The number of anilines is 1. The summed E-state index contributed by atoms with van der Waals surface area (Å²) in [6, 6.07) is 18.6. The van der Waals surface area contributed by atoms with Crippen molar-refractivity contribution in [2.75, 3.05) is 11.9 Å². The van der Waals surface area contributed by atoms with Gasteiger partial charge in [0.15, 0.2) is 11.6 Å². The van der Waals surface area contributed by atoms with E-state index in [0.29, 0.717) is 52.3 Å². The van der Waals surface area contributed by atoms with Crippen LogP contribution in [0.3, 0.4) is 0 Å². The van der Waals surface area contributed by atoms with Crippen LogP contribution in [0.2, 0.25) is 10.0 Å². The van der Waals surface area contributed by atoms with Crippen molar-refractivity contribution in [3.8, 4) is 11.5 Å². The Balaban J connectivity index is 1.33. The molecule has 0 aliphatic rings. The Morgan fingerprint density at radius 3 is 2.15 bits per heavy atom. The molecule has 0 radical (unpaired) electrons. The highest BCUT2D eigenvalue weighted by atomic mass is 35.5. The number of aromatic nitrogens is 2. The van der Waals surface area contributed by atoms with Gasteiger partial charge in [0, 0.05) is 23.6 Å². The number of nitrogens with one attached hydrogen (secondary N) is 1. The molecule has 1 aromatic heterocycles. The van der Waals surface area contributed by atoms with Crippen LogP contribution >= 0.6 is 23.2 Å².